The second-order valence-electron chi connectivity index (χ2n) is 5.69. The SMILES string of the molecule is Cc1nn(CC2CCC(CNC(C)C)O2)c(C)c1Cl. The smallest absolute Gasteiger partial charge is 0.0844 e. The van der Waals surface area contributed by atoms with E-state index in [1.54, 1.807) is 0 Å². The van der Waals surface area contributed by atoms with E-state index in [1.165, 1.54) is 0 Å². The zero-order valence-electron chi connectivity index (χ0n) is 12.2. The average Bonchev–Trinajstić information content (AvgIpc) is 2.89. The van der Waals surface area contributed by atoms with Gasteiger partial charge in [0, 0.05) is 12.6 Å². The van der Waals surface area contributed by atoms with Gasteiger partial charge in [0.2, 0.25) is 0 Å². The molecule has 1 aromatic rings. The fraction of sp³-hybridized carbons (Fsp3) is 0.786. The van der Waals surface area contributed by atoms with Crippen LogP contribution in [0.25, 0.3) is 0 Å². The molecule has 0 aromatic carbocycles. The normalized spacial score (nSPS) is 23.5. The number of hydrogen-bond acceptors (Lipinski definition) is 3. The quantitative estimate of drug-likeness (QED) is 0.904. The molecule has 108 valence electrons. The molecule has 0 aliphatic carbocycles. The maximum atomic E-state index is 6.16. The van der Waals surface area contributed by atoms with E-state index in [0.29, 0.717) is 12.1 Å². The fourth-order valence-corrected chi connectivity index (χ4v) is 2.61. The average molecular weight is 286 g/mol. The Morgan fingerprint density at radius 3 is 2.63 bits per heavy atom. The van der Waals surface area contributed by atoms with Crippen molar-refractivity contribution in [3.63, 3.8) is 0 Å². The van der Waals surface area contributed by atoms with E-state index in [0.717, 1.165) is 42.3 Å². The van der Waals surface area contributed by atoms with E-state index in [2.05, 4.69) is 24.3 Å². The molecular formula is C14H24ClN3O. The molecule has 19 heavy (non-hydrogen) atoms. The van der Waals surface area contributed by atoms with E-state index >= 15 is 0 Å². The molecular weight excluding hydrogens is 262 g/mol. The first-order valence-electron chi connectivity index (χ1n) is 7.05. The Bertz CT molecular complexity index is 431. The van der Waals surface area contributed by atoms with Crippen LogP contribution >= 0.6 is 11.6 Å². The van der Waals surface area contributed by atoms with Gasteiger partial charge in [-0.2, -0.15) is 5.10 Å². The lowest BCUT2D eigenvalue weighted by Crippen LogP contribution is -2.32. The number of aryl methyl sites for hydroxylation is 1. The molecule has 2 unspecified atom stereocenters. The molecule has 2 rings (SSSR count). The van der Waals surface area contributed by atoms with Gasteiger partial charge in [0.25, 0.3) is 0 Å². The monoisotopic (exact) mass is 285 g/mol. The molecule has 2 atom stereocenters. The lowest BCUT2D eigenvalue weighted by molar-refractivity contribution is 0.0329. The number of ether oxygens (including phenoxy) is 1. The molecule has 2 heterocycles. The molecule has 0 amide bonds. The molecule has 1 N–H and O–H groups in total. The van der Waals surface area contributed by atoms with Gasteiger partial charge in [-0.05, 0) is 26.7 Å². The van der Waals surface area contributed by atoms with Crippen molar-refractivity contribution >= 4 is 11.6 Å². The van der Waals surface area contributed by atoms with Gasteiger partial charge in [-0.3, -0.25) is 4.68 Å². The van der Waals surface area contributed by atoms with Crippen LogP contribution < -0.4 is 5.32 Å². The largest absolute Gasteiger partial charge is 0.372 e. The van der Waals surface area contributed by atoms with E-state index < -0.39 is 0 Å². The summed E-state index contributed by atoms with van der Waals surface area (Å²) in [6, 6.07) is 0.512. The standard InChI is InChI=1S/C14H24ClN3O/c1-9(2)16-7-12-5-6-13(19-12)8-18-11(4)14(15)10(3)17-18/h9,12-13,16H,5-8H2,1-4H3. The number of hydrogen-bond donors (Lipinski definition) is 1. The topological polar surface area (TPSA) is 39.1 Å². The lowest BCUT2D eigenvalue weighted by Gasteiger charge is -2.16. The van der Waals surface area contributed by atoms with Crippen LogP contribution in [-0.2, 0) is 11.3 Å². The molecule has 1 fully saturated rings. The highest BCUT2D eigenvalue weighted by molar-refractivity contribution is 6.31. The van der Waals surface area contributed by atoms with Gasteiger partial charge in [-0.1, -0.05) is 25.4 Å². The molecule has 0 spiro atoms. The Morgan fingerprint density at radius 1 is 1.37 bits per heavy atom. The molecule has 0 radical (unpaired) electrons. The molecule has 0 bridgehead atoms. The van der Waals surface area contributed by atoms with Crippen LogP contribution in [0.2, 0.25) is 5.02 Å². The second kappa shape index (κ2) is 6.25. The summed E-state index contributed by atoms with van der Waals surface area (Å²) in [5.74, 6) is 0. The van der Waals surface area contributed by atoms with Crippen molar-refractivity contribution in [3.05, 3.63) is 16.4 Å². The summed E-state index contributed by atoms with van der Waals surface area (Å²) >= 11 is 6.16. The van der Waals surface area contributed by atoms with Crippen LogP contribution in [0.1, 0.15) is 38.1 Å². The van der Waals surface area contributed by atoms with Crippen molar-refractivity contribution in [1.82, 2.24) is 15.1 Å². The summed E-state index contributed by atoms with van der Waals surface area (Å²) < 4.78 is 8.03. The molecule has 4 nitrogen and oxygen atoms in total. The highest BCUT2D eigenvalue weighted by Crippen LogP contribution is 2.24. The van der Waals surface area contributed by atoms with Gasteiger partial charge >= 0.3 is 0 Å². The summed E-state index contributed by atoms with van der Waals surface area (Å²) in [5, 5.41) is 8.66. The van der Waals surface area contributed by atoms with Gasteiger partial charge in [0.1, 0.15) is 0 Å². The van der Waals surface area contributed by atoms with Crippen LogP contribution in [0, 0.1) is 13.8 Å². The van der Waals surface area contributed by atoms with Gasteiger partial charge < -0.3 is 10.1 Å². The summed E-state index contributed by atoms with van der Waals surface area (Å²) in [4.78, 5) is 0. The molecule has 1 aliphatic heterocycles. The Morgan fingerprint density at radius 2 is 2.05 bits per heavy atom. The van der Waals surface area contributed by atoms with E-state index in [9.17, 15) is 0 Å². The molecule has 1 aliphatic rings. The molecule has 5 heteroatoms. The zero-order valence-corrected chi connectivity index (χ0v) is 13.0. The predicted octanol–water partition coefficient (Wildman–Crippen LogP) is 2.70. The van der Waals surface area contributed by atoms with Crippen LogP contribution in [-0.4, -0.2) is 34.6 Å². The molecule has 1 aromatic heterocycles. The Hall–Kier alpha value is -0.580. The van der Waals surface area contributed by atoms with Crippen molar-refractivity contribution in [2.24, 2.45) is 0 Å². The van der Waals surface area contributed by atoms with E-state index in [1.807, 2.05) is 18.5 Å². The van der Waals surface area contributed by atoms with Gasteiger partial charge in [-0.25, -0.2) is 0 Å². The Balaban J connectivity index is 1.86. The first-order chi connectivity index (χ1) is 8.97. The minimum absolute atomic E-state index is 0.257. The van der Waals surface area contributed by atoms with E-state index in [-0.39, 0.29) is 6.10 Å². The van der Waals surface area contributed by atoms with Gasteiger partial charge in [-0.15, -0.1) is 0 Å². The highest BCUT2D eigenvalue weighted by Gasteiger charge is 2.26. The maximum Gasteiger partial charge on any atom is 0.0844 e. The third-order valence-corrected chi connectivity index (χ3v) is 4.17. The highest BCUT2D eigenvalue weighted by atomic mass is 35.5. The number of nitrogens with one attached hydrogen (secondary N) is 1. The van der Waals surface area contributed by atoms with Crippen molar-refractivity contribution < 1.29 is 4.74 Å². The third kappa shape index (κ3) is 3.71. The first-order valence-corrected chi connectivity index (χ1v) is 7.43. The Kier molecular flexibility index (Phi) is 4.87. The zero-order chi connectivity index (χ0) is 14.0. The van der Waals surface area contributed by atoms with Crippen molar-refractivity contribution in [1.29, 1.82) is 0 Å². The Labute approximate surface area is 120 Å². The maximum absolute atomic E-state index is 6.16. The van der Waals surface area contributed by atoms with Crippen molar-refractivity contribution in [2.45, 2.75) is 65.3 Å². The first kappa shape index (κ1) is 14.8. The van der Waals surface area contributed by atoms with Gasteiger partial charge in [0.05, 0.1) is 35.2 Å². The summed E-state index contributed by atoms with van der Waals surface area (Å²) in [6.45, 7) is 10.0. The summed E-state index contributed by atoms with van der Waals surface area (Å²) in [6.07, 6.45) is 2.81. The second-order valence-corrected chi connectivity index (χ2v) is 6.07. The van der Waals surface area contributed by atoms with Crippen molar-refractivity contribution in [2.75, 3.05) is 6.54 Å². The minimum Gasteiger partial charge on any atom is -0.372 e. The molecule has 1 saturated heterocycles. The number of aromatic nitrogens is 2. The van der Waals surface area contributed by atoms with Crippen LogP contribution in [0.3, 0.4) is 0 Å². The fourth-order valence-electron chi connectivity index (χ4n) is 2.48. The minimum atomic E-state index is 0.257. The summed E-state index contributed by atoms with van der Waals surface area (Å²) in [7, 11) is 0. The van der Waals surface area contributed by atoms with E-state index in [4.69, 9.17) is 16.3 Å². The van der Waals surface area contributed by atoms with Crippen LogP contribution in [0.4, 0.5) is 0 Å². The number of halogens is 1. The van der Waals surface area contributed by atoms with Gasteiger partial charge in [0.15, 0.2) is 0 Å². The lowest BCUT2D eigenvalue weighted by atomic mass is 10.2. The summed E-state index contributed by atoms with van der Waals surface area (Å²) in [5.41, 5.74) is 1.93. The predicted molar refractivity (Wildman–Crippen MR) is 77.7 cm³/mol. The third-order valence-electron chi connectivity index (χ3n) is 3.62. The van der Waals surface area contributed by atoms with Crippen LogP contribution in [0.15, 0.2) is 0 Å². The molecule has 0 saturated carbocycles. The van der Waals surface area contributed by atoms with Crippen molar-refractivity contribution in [3.8, 4) is 0 Å². The number of nitrogens with zero attached hydrogens (tertiary/aromatic N) is 2. The van der Waals surface area contributed by atoms with Crippen LogP contribution in [0.5, 0.6) is 0 Å². The number of rotatable bonds is 5.